The highest BCUT2D eigenvalue weighted by Crippen LogP contribution is 2.26. The normalized spacial score (nSPS) is 10.8. The van der Waals surface area contributed by atoms with E-state index in [1.807, 2.05) is 0 Å². The maximum absolute atomic E-state index is 9.35. The molecule has 0 aliphatic heterocycles. The fraction of sp³-hybridized carbons (Fsp3) is 0.429. The van der Waals surface area contributed by atoms with Gasteiger partial charge in [-0.05, 0) is 6.42 Å². The van der Waals surface area contributed by atoms with Crippen LogP contribution in [-0.4, -0.2) is 73.3 Å². The molecule has 2 aromatic rings. The fourth-order valence-electron chi connectivity index (χ4n) is 2.43. The molecule has 0 atom stereocenters. The van der Waals surface area contributed by atoms with Crippen LogP contribution in [0.2, 0.25) is 0 Å². The van der Waals surface area contributed by atoms with Crippen LogP contribution in [-0.2, 0) is 14.2 Å². The Morgan fingerprint density at radius 2 is 0.767 bits per heavy atom. The van der Waals surface area contributed by atoms with Crippen molar-refractivity contribution in [1.82, 2.24) is 0 Å². The van der Waals surface area contributed by atoms with Gasteiger partial charge in [-0.1, -0.05) is 0 Å². The molecule has 0 fully saturated rings. The first-order valence-electron chi connectivity index (χ1n) is 9.58. The topological polar surface area (TPSA) is 127 Å². The monoisotopic (exact) mass is 424 g/mol. The molecular weight excluding hydrogens is 396 g/mol. The zero-order chi connectivity index (χ0) is 21.6. The molecule has 30 heavy (non-hydrogen) atoms. The molecule has 9 heteroatoms. The summed E-state index contributed by atoms with van der Waals surface area (Å²) in [6, 6.07) is 8.11. The molecule has 0 aromatic heterocycles. The van der Waals surface area contributed by atoms with Crippen LogP contribution < -0.4 is 9.47 Å². The van der Waals surface area contributed by atoms with E-state index in [2.05, 4.69) is 0 Å². The van der Waals surface area contributed by atoms with Gasteiger partial charge < -0.3 is 44.1 Å². The van der Waals surface area contributed by atoms with Gasteiger partial charge in [-0.15, -0.1) is 0 Å². The van der Waals surface area contributed by atoms with Gasteiger partial charge in [0.15, 0.2) is 0 Å². The van der Waals surface area contributed by atoms with Crippen molar-refractivity contribution in [2.24, 2.45) is 0 Å². The number of hydrogen-bond donors (Lipinski definition) is 4. The summed E-state index contributed by atoms with van der Waals surface area (Å²) in [5.41, 5.74) is 0. The number of aromatic hydroxyl groups is 4. The van der Waals surface area contributed by atoms with Crippen LogP contribution in [0, 0.1) is 0 Å². The van der Waals surface area contributed by atoms with Crippen LogP contribution in [0.15, 0.2) is 36.4 Å². The van der Waals surface area contributed by atoms with Crippen molar-refractivity contribution < 1.29 is 44.1 Å². The number of phenolic OH excluding ortho intramolecular Hbond substituents is 4. The van der Waals surface area contributed by atoms with Crippen molar-refractivity contribution in [3.05, 3.63) is 36.4 Å². The molecule has 0 amide bonds. The SMILES string of the molecule is Oc1cc(O)cc(OCCOCCCOCCOCCOc2cc(O)cc(O)c2)c1. The van der Waals surface area contributed by atoms with Crippen molar-refractivity contribution in [3.8, 4) is 34.5 Å². The summed E-state index contributed by atoms with van der Waals surface area (Å²) < 4.78 is 27.0. The van der Waals surface area contributed by atoms with E-state index in [0.717, 1.165) is 6.42 Å². The van der Waals surface area contributed by atoms with Crippen LogP contribution in [0.25, 0.3) is 0 Å². The molecule has 0 aliphatic rings. The molecule has 0 saturated carbocycles. The van der Waals surface area contributed by atoms with E-state index in [9.17, 15) is 20.4 Å². The molecule has 0 bridgehead atoms. The molecule has 2 aromatic carbocycles. The number of benzene rings is 2. The second-order valence-electron chi connectivity index (χ2n) is 6.26. The van der Waals surface area contributed by atoms with Gasteiger partial charge in [-0.2, -0.15) is 0 Å². The summed E-state index contributed by atoms with van der Waals surface area (Å²) >= 11 is 0. The highest BCUT2D eigenvalue weighted by Gasteiger charge is 2.01. The molecule has 0 heterocycles. The highest BCUT2D eigenvalue weighted by molar-refractivity contribution is 5.41. The minimum absolute atomic E-state index is 0.0589. The standard InChI is InChI=1S/C21H28O9/c22-16-10-17(23)13-20(12-16)29-8-6-27-3-1-2-26-4-5-28-7-9-30-21-14-18(24)11-19(25)15-21/h10-15,22-25H,1-9H2. The Morgan fingerprint density at radius 1 is 0.433 bits per heavy atom. The van der Waals surface area contributed by atoms with Crippen molar-refractivity contribution in [3.63, 3.8) is 0 Å². The largest absolute Gasteiger partial charge is 0.508 e. The summed E-state index contributed by atoms with van der Waals surface area (Å²) in [4.78, 5) is 0. The average molecular weight is 424 g/mol. The smallest absolute Gasteiger partial charge is 0.126 e. The average Bonchev–Trinajstić information content (AvgIpc) is 2.66. The Balaban J connectivity index is 1.35. The molecule has 0 radical (unpaired) electrons. The molecule has 0 aliphatic carbocycles. The third-order valence-corrected chi connectivity index (χ3v) is 3.69. The molecule has 0 saturated heterocycles. The van der Waals surface area contributed by atoms with Crippen LogP contribution in [0.3, 0.4) is 0 Å². The zero-order valence-corrected chi connectivity index (χ0v) is 16.7. The fourth-order valence-corrected chi connectivity index (χ4v) is 2.43. The first kappa shape index (κ1) is 23.4. The van der Waals surface area contributed by atoms with E-state index in [4.69, 9.17) is 23.7 Å². The van der Waals surface area contributed by atoms with Crippen molar-refractivity contribution in [2.45, 2.75) is 6.42 Å². The van der Waals surface area contributed by atoms with E-state index in [1.165, 1.54) is 36.4 Å². The maximum Gasteiger partial charge on any atom is 0.126 e. The number of hydrogen-bond acceptors (Lipinski definition) is 9. The van der Waals surface area contributed by atoms with E-state index >= 15 is 0 Å². The second-order valence-corrected chi connectivity index (χ2v) is 6.26. The van der Waals surface area contributed by atoms with Crippen LogP contribution in [0.1, 0.15) is 6.42 Å². The number of rotatable bonds is 15. The van der Waals surface area contributed by atoms with Gasteiger partial charge >= 0.3 is 0 Å². The molecule has 0 spiro atoms. The van der Waals surface area contributed by atoms with Gasteiger partial charge in [-0.25, -0.2) is 0 Å². The van der Waals surface area contributed by atoms with Crippen molar-refractivity contribution in [1.29, 1.82) is 0 Å². The van der Waals surface area contributed by atoms with E-state index in [-0.39, 0.29) is 23.0 Å². The zero-order valence-electron chi connectivity index (χ0n) is 16.7. The van der Waals surface area contributed by atoms with Gasteiger partial charge in [0, 0.05) is 49.6 Å². The Bertz CT molecular complexity index is 647. The molecule has 2 rings (SSSR count). The lowest BCUT2D eigenvalue weighted by molar-refractivity contribution is 0.0251. The summed E-state index contributed by atoms with van der Waals surface area (Å²) in [6.07, 6.45) is 0.733. The maximum atomic E-state index is 9.35. The Hall–Kier alpha value is -2.88. The van der Waals surface area contributed by atoms with E-state index in [0.29, 0.717) is 64.4 Å². The van der Waals surface area contributed by atoms with Gasteiger partial charge in [-0.3, -0.25) is 0 Å². The van der Waals surface area contributed by atoms with Crippen LogP contribution in [0.5, 0.6) is 34.5 Å². The van der Waals surface area contributed by atoms with Gasteiger partial charge in [0.2, 0.25) is 0 Å². The van der Waals surface area contributed by atoms with Gasteiger partial charge in [0.05, 0.1) is 26.4 Å². The predicted octanol–water partition coefficient (Wildman–Crippen LogP) is 2.41. The Morgan fingerprint density at radius 3 is 1.17 bits per heavy atom. The third-order valence-electron chi connectivity index (χ3n) is 3.69. The first-order valence-corrected chi connectivity index (χ1v) is 9.58. The minimum Gasteiger partial charge on any atom is -0.508 e. The lowest BCUT2D eigenvalue weighted by atomic mass is 10.3. The summed E-state index contributed by atoms with van der Waals surface area (Å²) in [6.45, 7) is 3.31. The lowest BCUT2D eigenvalue weighted by Crippen LogP contribution is -2.12. The van der Waals surface area contributed by atoms with Crippen molar-refractivity contribution >= 4 is 0 Å². The molecule has 4 N–H and O–H groups in total. The van der Waals surface area contributed by atoms with Gasteiger partial charge in [0.25, 0.3) is 0 Å². The van der Waals surface area contributed by atoms with E-state index < -0.39 is 0 Å². The van der Waals surface area contributed by atoms with E-state index in [1.54, 1.807) is 0 Å². The minimum atomic E-state index is -0.0624. The lowest BCUT2D eigenvalue weighted by Gasteiger charge is -2.09. The summed E-state index contributed by atoms with van der Waals surface area (Å²) in [7, 11) is 0. The van der Waals surface area contributed by atoms with Crippen LogP contribution >= 0.6 is 0 Å². The molecule has 0 unspecified atom stereocenters. The third kappa shape index (κ3) is 10.1. The Labute approximate surface area is 175 Å². The highest BCUT2D eigenvalue weighted by atomic mass is 16.5. The summed E-state index contributed by atoms with van der Waals surface area (Å²) in [5, 5.41) is 37.4. The molecular formula is C21H28O9. The second kappa shape index (κ2) is 13.4. The number of phenols is 4. The Kier molecular flexibility index (Phi) is 10.4. The quantitative estimate of drug-likeness (QED) is 0.319. The van der Waals surface area contributed by atoms with Crippen molar-refractivity contribution in [2.75, 3.05) is 52.9 Å². The predicted molar refractivity (Wildman–Crippen MR) is 108 cm³/mol. The molecule has 166 valence electrons. The summed E-state index contributed by atoms with van der Waals surface area (Å²) in [5.74, 6) is 0.510. The molecule has 9 nitrogen and oxygen atoms in total. The number of ether oxygens (including phenoxy) is 5. The van der Waals surface area contributed by atoms with Gasteiger partial charge in [0.1, 0.15) is 47.7 Å². The van der Waals surface area contributed by atoms with Crippen LogP contribution in [0.4, 0.5) is 0 Å². The first-order chi connectivity index (χ1) is 14.5.